The first kappa shape index (κ1) is 39.6. The predicted molar refractivity (Wildman–Crippen MR) is 218 cm³/mol. The summed E-state index contributed by atoms with van der Waals surface area (Å²) in [6.45, 7) is 14.7. The number of methoxy groups -OCH3 is 1. The van der Waals surface area contributed by atoms with Crippen molar-refractivity contribution in [3.8, 4) is 5.75 Å². The molecule has 0 bridgehead atoms. The van der Waals surface area contributed by atoms with Gasteiger partial charge in [-0.1, -0.05) is 69.0 Å². The number of aryl methyl sites for hydroxylation is 1. The average Bonchev–Trinajstić information content (AvgIpc) is 3.29. The van der Waals surface area contributed by atoms with Crippen molar-refractivity contribution < 1.29 is 14.3 Å². The standard InChI is InChI=1S/C40H54ClN3O3.C3H9NS/c1-29(2)15-17-40(46-3,27-42-19-20-43-18-5-4-8-34(43)24-42)36-12-10-32(36)23-44-26-39(16-6-7-31-22-33(41)11-13-35(31)39)28-47-38-14-9-30(25-45)21-37(38)44;1-3-5-4-2/h9,11,13-15,17,21-22,25,29,32,34,36H,4-8,10,12,16,18-20,23-24,26-28H2,1-3H3;4H,3H2,1-2H3/b17-15+;/t32?,34?,36?,39-,40+;/m0./s1. The maximum absolute atomic E-state index is 12.0. The second kappa shape index (κ2) is 18.0. The van der Waals surface area contributed by atoms with Gasteiger partial charge in [-0.05, 0) is 118 Å². The molecule has 2 saturated heterocycles. The van der Waals surface area contributed by atoms with Crippen LogP contribution in [0, 0.1) is 17.8 Å². The van der Waals surface area contributed by atoms with Crippen LogP contribution in [0.5, 0.6) is 5.75 Å². The monoisotopic (exact) mass is 750 g/mol. The molecular weight excluding hydrogens is 688 g/mol. The van der Waals surface area contributed by atoms with Gasteiger partial charge in [0.05, 0.1) is 12.3 Å². The van der Waals surface area contributed by atoms with Crippen molar-refractivity contribution >= 4 is 35.5 Å². The lowest BCUT2D eigenvalue weighted by Gasteiger charge is -2.53. The van der Waals surface area contributed by atoms with Crippen LogP contribution in [0.3, 0.4) is 0 Å². The zero-order valence-electron chi connectivity index (χ0n) is 32.4. The fourth-order valence-corrected chi connectivity index (χ4v) is 10.2. The number of aldehydes is 1. The van der Waals surface area contributed by atoms with Gasteiger partial charge in [0.2, 0.25) is 0 Å². The Hall–Kier alpha value is -2.07. The molecule has 7 rings (SSSR count). The molecule has 1 N–H and O–H groups in total. The van der Waals surface area contributed by atoms with Gasteiger partial charge in [0, 0.05) is 74.2 Å². The molecule has 9 heteroatoms. The lowest BCUT2D eigenvalue weighted by Crippen LogP contribution is -2.61. The third-order valence-corrected chi connectivity index (χ3v) is 13.3. The Morgan fingerprint density at radius 1 is 1.12 bits per heavy atom. The molecule has 5 atom stereocenters. The fraction of sp³-hybridized carbons (Fsp3) is 0.651. The summed E-state index contributed by atoms with van der Waals surface area (Å²) in [5.41, 5.74) is 4.01. The van der Waals surface area contributed by atoms with Crippen molar-refractivity contribution in [2.45, 2.75) is 89.2 Å². The van der Waals surface area contributed by atoms with E-state index in [1.165, 1.54) is 56.3 Å². The van der Waals surface area contributed by atoms with Crippen molar-refractivity contribution in [1.29, 1.82) is 0 Å². The van der Waals surface area contributed by atoms with E-state index in [0.717, 1.165) is 80.5 Å². The van der Waals surface area contributed by atoms with Crippen LogP contribution in [-0.2, 0) is 16.6 Å². The first-order chi connectivity index (χ1) is 25.2. The number of carbonyl (C=O) groups is 1. The molecule has 0 radical (unpaired) electrons. The van der Waals surface area contributed by atoms with Gasteiger partial charge in [-0.3, -0.25) is 19.3 Å². The van der Waals surface area contributed by atoms with Crippen LogP contribution in [0.25, 0.3) is 0 Å². The summed E-state index contributed by atoms with van der Waals surface area (Å²) in [7, 11) is 3.87. The quantitative estimate of drug-likeness (QED) is 0.140. The highest BCUT2D eigenvalue weighted by Crippen LogP contribution is 2.49. The lowest BCUT2D eigenvalue weighted by atomic mass is 9.63. The molecule has 52 heavy (non-hydrogen) atoms. The average molecular weight is 752 g/mol. The Kier molecular flexibility index (Phi) is 13.7. The maximum Gasteiger partial charge on any atom is 0.150 e. The van der Waals surface area contributed by atoms with Gasteiger partial charge in [-0.25, -0.2) is 0 Å². The van der Waals surface area contributed by atoms with Crippen LogP contribution < -0.4 is 14.4 Å². The largest absolute Gasteiger partial charge is 0.490 e. The van der Waals surface area contributed by atoms with Gasteiger partial charge in [0.1, 0.15) is 17.6 Å². The molecular formula is C43H63ClN4O3S. The summed E-state index contributed by atoms with van der Waals surface area (Å²) in [5, 5.41) is 0.804. The summed E-state index contributed by atoms with van der Waals surface area (Å²) < 4.78 is 16.3. The first-order valence-corrected chi connectivity index (χ1v) is 21.3. The van der Waals surface area contributed by atoms with E-state index in [1.54, 1.807) is 11.9 Å². The number of hydrogen-bond donors (Lipinski definition) is 1. The molecule has 1 spiro atoms. The number of halogens is 1. The second-order valence-corrected chi connectivity index (χ2v) is 17.9. The van der Waals surface area contributed by atoms with E-state index < -0.39 is 0 Å². The zero-order chi connectivity index (χ0) is 36.7. The number of nitrogens with zero attached hydrogens (tertiary/aromatic N) is 3. The number of fused-ring (bicyclic) bond motifs is 4. The van der Waals surface area contributed by atoms with Crippen LogP contribution in [0.15, 0.2) is 48.6 Å². The second-order valence-electron chi connectivity index (χ2n) is 16.2. The molecule has 3 unspecified atom stereocenters. The number of allylic oxidation sites excluding steroid dienone is 1. The molecule has 0 amide bonds. The van der Waals surface area contributed by atoms with Gasteiger partial charge >= 0.3 is 0 Å². The van der Waals surface area contributed by atoms with Crippen molar-refractivity contribution in [2.24, 2.45) is 17.8 Å². The van der Waals surface area contributed by atoms with Crippen LogP contribution in [0.2, 0.25) is 5.02 Å². The van der Waals surface area contributed by atoms with Crippen LogP contribution in [-0.4, -0.2) is 100 Å². The van der Waals surface area contributed by atoms with E-state index in [9.17, 15) is 4.79 Å². The van der Waals surface area contributed by atoms with Crippen LogP contribution >= 0.6 is 23.5 Å². The van der Waals surface area contributed by atoms with E-state index in [0.29, 0.717) is 36.0 Å². The third-order valence-electron chi connectivity index (χ3n) is 12.5. The molecule has 1 saturated carbocycles. The van der Waals surface area contributed by atoms with E-state index in [2.05, 4.69) is 64.5 Å². The molecule has 7 nitrogen and oxygen atoms in total. The molecule has 2 aromatic rings. The molecule has 286 valence electrons. The predicted octanol–water partition coefficient (Wildman–Crippen LogP) is 8.29. The highest BCUT2D eigenvalue weighted by molar-refractivity contribution is 7.97. The molecule has 0 aromatic heterocycles. The Balaban J connectivity index is 0.000000870. The van der Waals surface area contributed by atoms with Crippen molar-refractivity contribution in [1.82, 2.24) is 14.5 Å². The van der Waals surface area contributed by atoms with E-state index in [1.807, 2.05) is 38.4 Å². The summed E-state index contributed by atoms with van der Waals surface area (Å²) >= 11 is 8.20. The highest BCUT2D eigenvalue weighted by Gasteiger charge is 2.50. The van der Waals surface area contributed by atoms with Crippen molar-refractivity contribution in [3.05, 3.63) is 70.3 Å². The Morgan fingerprint density at radius 3 is 2.69 bits per heavy atom. The summed E-state index contributed by atoms with van der Waals surface area (Å²) in [5.74, 6) is 3.39. The number of ether oxygens (including phenoxy) is 2. The Morgan fingerprint density at radius 2 is 1.98 bits per heavy atom. The molecule has 5 aliphatic rings. The molecule has 3 heterocycles. The molecule has 2 aromatic carbocycles. The minimum absolute atomic E-state index is 0.132. The number of carbonyl (C=O) groups excluding carboxylic acids is 1. The normalized spacial score (nSPS) is 27.4. The van der Waals surface area contributed by atoms with Gasteiger partial charge in [0.15, 0.2) is 0 Å². The highest BCUT2D eigenvalue weighted by atomic mass is 35.5. The van der Waals surface area contributed by atoms with E-state index in [-0.39, 0.29) is 11.0 Å². The van der Waals surface area contributed by atoms with Gasteiger partial charge in [-0.15, -0.1) is 0 Å². The van der Waals surface area contributed by atoms with Gasteiger partial charge in [-0.2, -0.15) is 0 Å². The smallest absolute Gasteiger partial charge is 0.150 e. The van der Waals surface area contributed by atoms with E-state index in [4.69, 9.17) is 21.1 Å². The number of hydrogen-bond acceptors (Lipinski definition) is 8. The summed E-state index contributed by atoms with van der Waals surface area (Å²) in [4.78, 5) is 20.0. The van der Waals surface area contributed by atoms with E-state index >= 15 is 0 Å². The molecule has 3 fully saturated rings. The van der Waals surface area contributed by atoms with Crippen LogP contribution in [0.1, 0.15) is 87.2 Å². The topological polar surface area (TPSA) is 57.3 Å². The summed E-state index contributed by atoms with van der Waals surface area (Å²) in [6, 6.07) is 13.1. The number of rotatable bonds is 11. The third kappa shape index (κ3) is 8.90. The maximum atomic E-state index is 12.0. The number of piperazine rings is 1. The Bertz CT molecular complexity index is 1520. The number of piperidine rings is 1. The zero-order valence-corrected chi connectivity index (χ0v) is 34.0. The fourth-order valence-electron chi connectivity index (χ4n) is 9.71. The van der Waals surface area contributed by atoms with Crippen molar-refractivity contribution in [2.75, 3.05) is 77.2 Å². The first-order valence-electron chi connectivity index (χ1n) is 20.0. The number of benzene rings is 2. The lowest BCUT2D eigenvalue weighted by molar-refractivity contribution is -0.100. The SMILES string of the molecule is CCSNC.CO[C@](/C=C/C(C)C)(CN1CCN2CCCCC2C1)C1CCC1CN1C[C@@]2(CCCc3cc(Cl)ccc32)COc2ccc(C=O)cc21. The molecule has 3 aliphatic heterocycles. The van der Waals surface area contributed by atoms with Crippen LogP contribution in [0.4, 0.5) is 5.69 Å². The van der Waals surface area contributed by atoms with Gasteiger partial charge in [0.25, 0.3) is 0 Å². The molecule has 2 aliphatic carbocycles. The Labute approximate surface area is 323 Å². The number of anilines is 1. The minimum Gasteiger partial charge on any atom is -0.490 e. The summed E-state index contributed by atoms with van der Waals surface area (Å²) in [6.07, 6.45) is 15.4. The van der Waals surface area contributed by atoms with Gasteiger partial charge < -0.3 is 14.4 Å². The number of nitrogens with one attached hydrogen (secondary N) is 1. The minimum atomic E-state index is -0.328. The van der Waals surface area contributed by atoms with Crippen molar-refractivity contribution in [3.63, 3.8) is 0 Å².